The molecule has 0 heterocycles. The van der Waals surface area contributed by atoms with Gasteiger partial charge in [-0.2, -0.15) is 0 Å². The van der Waals surface area contributed by atoms with Gasteiger partial charge in [0, 0.05) is 5.88 Å². The molecule has 0 aromatic rings. The second kappa shape index (κ2) is 5.81. The van der Waals surface area contributed by atoms with Crippen molar-refractivity contribution in [3.8, 4) is 0 Å². The Bertz CT molecular complexity index is 106. The highest BCUT2D eigenvalue weighted by Gasteiger charge is 2.11. The molecule has 0 aromatic heterocycles. The van der Waals surface area contributed by atoms with Crippen molar-refractivity contribution in [2.24, 2.45) is 0 Å². The Morgan fingerprint density at radius 2 is 2.10 bits per heavy atom. The van der Waals surface area contributed by atoms with Gasteiger partial charge in [-0.05, 0) is 12.8 Å². The smallest absolute Gasteiger partial charge is 0.321 e. The summed E-state index contributed by atoms with van der Waals surface area (Å²) in [6.07, 6.45) is 2.12. The lowest BCUT2D eigenvalue weighted by atomic mass is 10.2. The summed E-state index contributed by atoms with van der Waals surface area (Å²) in [4.78, 5) is 10.1. The predicted octanol–water partition coefficient (Wildman–Crippen LogP) is 2.09. The molecule has 0 aliphatic carbocycles. The molecule has 0 saturated heterocycles. The van der Waals surface area contributed by atoms with E-state index in [1.807, 2.05) is 0 Å². The van der Waals surface area contributed by atoms with Crippen LogP contribution in [0.1, 0.15) is 19.3 Å². The number of carboxylic acids is 1. The zero-order chi connectivity index (χ0) is 7.98. The lowest BCUT2D eigenvalue weighted by Crippen LogP contribution is -2.12. The van der Waals surface area contributed by atoms with E-state index < -0.39 is 11.3 Å². The first-order chi connectivity index (χ1) is 4.68. The van der Waals surface area contributed by atoms with E-state index in [-0.39, 0.29) is 0 Å². The Balaban J connectivity index is 3.21. The van der Waals surface area contributed by atoms with Gasteiger partial charge in [-0.15, -0.1) is 23.2 Å². The van der Waals surface area contributed by atoms with Crippen LogP contribution in [-0.4, -0.2) is 22.3 Å². The third kappa shape index (κ3) is 4.89. The van der Waals surface area contributed by atoms with Crippen LogP contribution < -0.4 is 0 Å². The van der Waals surface area contributed by atoms with Crippen molar-refractivity contribution in [2.45, 2.75) is 24.6 Å². The third-order valence-electron chi connectivity index (χ3n) is 1.11. The molecular formula is C6H10Cl2O2. The van der Waals surface area contributed by atoms with Crippen LogP contribution in [-0.2, 0) is 4.79 Å². The molecule has 0 amide bonds. The standard InChI is InChI=1S/C6H10Cl2O2/c7-4-2-1-3-5(8)6(9)10/h5H,1-4H2,(H,9,10)/t5-/m1/s1. The monoisotopic (exact) mass is 184 g/mol. The van der Waals surface area contributed by atoms with Crippen molar-refractivity contribution in [2.75, 3.05) is 5.88 Å². The van der Waals surface area contributed by atoms with Gasteiger partial charge in [0.15, 0.2) is 0 Å². The lowest BCUT2D eigenvalue weighted by molar-refractivity contribution is -0.136. The molecule has 0 radical (unpaired) electrons. The molecule has 0 unspecified atom stereocenters. The average molecular weight is 185 g/mol. The van der Waals surface area contributed by atoms with Crippen molar-refractivity contribution in [3.63, 3.8) is 0 Å². The molecule has 0 bridgehead atoms. The van der Waals surface area contributed by atoms with Crippen molar-refractivity contribution in [1.29, 1.82) is 0 Å². The highest BCUT2D eigenvalue weighted by molar-refractivity contribution is 6.29. The largest absolute Gasteiger partial charge is 0.480 e. The first kappa shape index (κ1) is 10.0. The van der Waals surface area contributed by atoms with E-state index in [4.69, 9.17) is 28.3 Å². The molecule has 0 aliphatic heterocycles. The molecule has 10 heavy (non-hydrogen) atoms. The summed E-state index contributed by atoms with van der Waals surface area (Å²) in [6, 6.07) is 0. The topological polar surface area (TPSA) is 37.3 Å². The maximum absolute atomic E-state index is 10.1. The number of carboxylic acid groups (broad SMARTS) is 1. The number of aliphatic carboxylic acids is 1. The molecule has 0 aliphatic rings. The average Bonchev–Trinajstić information content (AvgIpc) is 1.88. The van der Waals surface area contributed by atoms with Crippen LogP contribution in [0.25, 0.3) is 0 Å². The summed E-state index contributed by atoms with van der Waals surface area (Å²) >= 11 is 10.8. The SMILES string of the molecule is O=C(O)[C@H](Cl)CCCCCl. The van der Waals surface area contributed by atoms with E-state index in [1.54, 1.807) is 0 Å². The molecule has 0 rings (SSSR count). The number of hydrogen-bond donors (Lipinski definition) is 1. The fourth-order valence-corrected chi connectivity index (χ4v) is 0.885. The fourth-order valence-electron chi connectivity index (χ4n) is 0.542. The molecule has 0 saturated carbocycles. The molecule has 0 aromatic carbocycles. The summed E-state index contributed by atoms with van der Waals surface area (Å²) < 4.78 is 0. The van der Waals surface area contributed by atoms with Gasteiger partial charge in [-0.25, -0.2) is 0 Å². The highest BCUT2D eigenvalue weighted by Crippen LogP contribution is 2.07. The molecule has 1 atom stereocenters. The zero-order valence-electron chi connectivity index (χ0n) is 5.52. The fraction of sp³-hybridized carbons (Fsp3) is 0.833. The number of hydrogen-bond acceptors (Lipinski definition) is 1. The van der Waals surface area contributed by atoms with Gasteiger partial charge in [0.25, 0.3) is 0 Å². The normalized spacial score (nSPS) is 13.0. The van der Waals surface area contributed by atoms with Crippen LogP contribution in [0.5, 0.6) is 0 Å². The first-order valence-electron chi connectivity index (χ1n) is 3.11. The maximum atomic E-state index is 10.1. The molecule has 1 N–H and O–H groups in total. The molecule has 4 heteroatoms. The van der Waals surface area contributed by atoms with E-state index in [9.17, 15) is 4.79 Å². The Morgan fingerprint density at radius 1 is 1.50 bits per heavy atom. The van der Waals surface area contributed by atoms with Crippen LogP contribution in [0, 0.1) is 0 Å². The molecule has 0 spiro atoms. The van der Waals surface area contributed by atoms with Crippen molar-refractivity contribution in [1.82, 2.24) is 0 Å². The van der Waals surface area contributed by atoms with Gasteiger partial charge in [-0.1, -0.05) is 6.42 Å². The lowest BCUT2D eigenvalue weighted by Gasteiger charge is -2.00. The summed E-state index contributed by atoms with van der Waals surface area (Å²) in [5.74, 6) is -0.375. The Labute approximate surface area is 70.1 Å². The van der Waals surface area contributed by atoms with Crippen LogP contribution in [0.4, 0.5) is 0 Å². The highest BCUT2D eigenvalue weighted by atomic mass is 35.5. The van der Waals surface area contributed by atoms with Gasteiger partial charge in [0.1, 0.15) is 5.38 Å². The first-order valence-corrected chi connectivity index (χ1v) is 4.08. The van der Waals surface area contributed by atoms with E-state index in [0.29, 0.717) is 12.3 Å². The minimum Gasteiger partial charge on any atom is -0.480 e. The van der Waals surface area contributed by atoms with Gasteiger partial charge in [0.2, 0.25) is 0 Å². The number of unbranched alkanes of at least 4 members (excludes halogenated alkanes) is 1. The van der Waals surface area contributed by atoms with Crippen LogP contribution in [0.3, 0.4) is 0 Å². The van der Waals surface area contributed by atoms with Crippen molar-refractivity contribution >= 4 is 29.2 Å². The van der Waals surface area contributed by atoms with Crippen LogP contribution in [0.15, 0.2) is 0 Å². The Morgan fingerprint density at radius 3 is 2.50 bits per heavy atom. The van der Waals surface area contributed by atoms with E-state index in [2.05, 4.69) is 0 Å². The van der Waals surface area contributed by atoms with E-state index in [1.165, 1.54) is 0 Å². The van der Waals surface area contributed by atoms with Gasteiger partial charge < -0.3 is 5.11 Å². The molecule has 2 nitrogen and oxygen atoms in total. The summed E-state index contributed by atoms with van der Waals surface area (Å²) in [6.45, 7) is 0. The van der Waals surface area contributed by atoms with Gasteiger partial charge >= 0.3 is 5.97 Å². The van der Waals surface area contributed by atoms with Crippen molar-refractivity contribution < 1.29 is 9.90 Å². The summed E-state index contributed by atoms with van der Waals surface area (Å²) in [5.41, 5.74) is 0. The minimum atomic E-state index is -0.948. The maximum Gasteiger partial charge on any atom is 0.321 e. The minimum absolute atomic E-state index is 0.504. The predicted molar refractivity (Wildman–Crippen MR) is 41.8 cm³/mol. The second-order valence-electron chi connectivity index (χ2n) is 1.99. The molecule has 60 valence electrons. The summed E-state index contributed by atoms with van der Waals surface area (Å²) in [5, 5.41) is 7.57. The van der Waals surface area contributed by atoms with Gasteiger partial charge in [-0.3, -0.25) is 4.79 Å². The number of rotatable bonds is 5. The third-order valence-corrected chi connectivity index (χ3v) is 1.78. The number of alkyl halides is 2. The molecule has 0 fully saturated rings. The number of carbonyl (C=O) groups is 1. The second-order valence-corrected chi connectivity index (χ2v) is 2.90. The Hall–Kier alpha value is 0.0500. The van der Waals surface area contributed by atoms with Crippen molar-refractivity contribution in [3.05, 3.63) is 0 Å². The zero-order valence-corrected chi connectivity index (χ0v) is 7.03. The summed E-state index contributed by atoms with van der Waals surface area (Å²) in [7, 11) is 0. The Kier molecular flexibility index (Phi) is 5.84. The number of halogens is 2. The van der Waals surface area contributed by atoms with Crippen LogP contribution in [0.2, 0.25) is 0 Å². The van der Waals surface area contributed by atoms with Crippen LogP contribution >= 0.6 is 23.2 Å². The molecular weight excluding hydrogens is 175 g/mol. The van der Waals surface area contributed by atoms with Gasteiger partial charge in [0.05, 0.1) is 0 Å². The van der Waals surface area contributed by atoms with E-state index in [0.717, 1.165) is 12.8 Å². The van der Waals surface area contributed by atoms with E-state index >= 15 is 0 Å². The quantitative estimate of drug-likeness (QED) is 0.525.